The summed E-state index contributed by atoms with van der Waals surface area (Å²) in [4.78, 5) is 19.0. The summed E-state index contributed by atoms with van der Waals surface area (Å²) in [6.07, 6.45) is 1.62. The molecule has 0 saturated carbocycles. The zero-order valence-corrected chi connectivity index (χ0v) is 11.4. The lowest BCUT2D eigenvalue weighted by Crippen LogP contribution is -2.40. The maximum Gasteiger partial charge on any atom is 0.354 e. The van der Waals surface area contributed by atoms with Crippen molar-refractivity contribution in [3.05, 3.63) is 24.0 Å². The van der Waals surface area contributed by atoms with Crippen molar-refractivity contribution in [3.63, 3.8) is 0 Å². The van der Waals surface area contributed by atoms with Crippen LogP contribution in [0.1, 0.15) is 24.3 Å². The maximum absolute atomic E-state index is 10.7. The van der Waals surface area contributed by atoms with Crippen LogP contribution in [0.4, 0.5) is 5.69 Å². The number of likely N-dealkylation sites (N-methyl/N-ethyl adjacent to an activating group) is 2. The van der Waals surface area contributed by atoms with E-state index in [-0.39, 0.29) is 5.69 Å². The van der Waals surface area contributed by atoms with Gasteiger partial charge in [-0.2, -0.15) is 0 Å². The van der Waals surface area contributed by atoms with Crippen LogP contribution in [0.3, 0.4) is 0 Å². The van der Waals surface area contributed by atoms with Crippen LogP contribution < -0.4 is 4.90 Å². The minimum Gasteiger partial charge on any atom is -0.477 e. The topological polar surface area (TPSA) is 56.7 Å². The second kappa shape index (κ2) is 6.35. The number of carboxylic acids is 1. The first-order chi connectivity index (χ1) is 8.45. The number of anilines is 1. The minimum absolute atomic E-state index is 0.0788. The summed E-state index contributed by atoms with van der Waals surface area (Å²) in [6, 6.07) is 3.71. The average Bonchev–Trinajstić information content (AvgIpc) is 2.29. The first-order valence-electron chi connectivity index (χ1n) is 6.06. The van der Waals surface area contributed by atoms with Gasteiger partial charge in [0.1, 0.15) is 5.69 Å². The number of hydrogen-bond donors (Lipinski definition) is 1. The van der Waals surface area contributed by atoms with Gasteiger partial charge in [0, 0.05) is 19.1 Å². The van der Waals surface area contributed by atoms with E-state index in [0.29, 0.717) is 6.04 Å². The first-order valence-corrected chi connectivity index (χ1v) is 6.06. The average molecular weight is 251 g/mol. The molecule has 1 N–H and O–H groups in total. The number of aromatic nitrogens is 1. The van der Waals surface area contributed by atoms with Gasteiger partial charge >= 0.3 is 5.97 Å². The van der Waals surface area contributed by atoms with Crippen LogP contribution in [-0.2, 0) is 0 Å². The van der Waals surface area contributed by atoms with Gasteiger partial charge in [-0.3, -0.25) is 0 Å². The lowest BCUT2D eigenvalue weighted by atomic mass is 10.2. The van der Waals surface area contributed by atoms with E-state index in [2.05, 4.69) is 28.6 Å². The molecule has 0 amide bonds. The van der Waals surface area contributed by atoms with Crippen molar-refractivity contribution < 1.29 is 9.90 Å². The SMILES string of the molecule is CCN(c1ccc(C(=O)O)nc1)C(C)CN(C)C. The van der Waals surface area contributed by atoms with E-state index in [1.54, 1.807) is 12.3 Å². The van der Waals surface area contributed by atoms with Crippen molar-refractivity contribution in [1.29, 1.82) is 0 Å². The number of pyridine rings is 1. The van der Waals surface area contributed by atoms with Gasteiger partial charge in [-0.1, -0.05) is 0 Å². The summed E-state index contributed by atoms with van der Waals surface area (Å²) >= 11 is 0. The Morgan fingerprint density at radius 3 is 2.50 bits per heavy atom. The van der Waals surface area contributed by atoms with E-state index in [4.69, 9.17) is 5.11 Å². The zero-order valence-electron chi connectivity index (χ0n) is 11.4. The summed E-state index contributed by atoms with van der Waals surface area (Å²) in [5, 5.41) is 8.82. The highest BCUT2D eigenvalue weighted by atomic mass is 16.4. The molecule has 1 aromatic heterocycles. The van der Waals surface area contributed by atoms with E-state index in [1.807, 2.05) is 20.2 Å². The Balaban J connectivity index is 2.85. The van der Waals surface area contributed by atoms with Crippen LogP contribution in [0.15, 0.2) is 18.3 Å². The van der Waals surface area contributed by atoms with Crippen LogP contribution in [0.5, 0.6) is 0 Å². The molecular weight excluding hydrogens is 230 g/mol. The van der Waals surface area contributed by atoms with Gasteiger partial charge in [-0.15, -0.1) is 0 Å². The molecule has 0 fully saturated rings. The summed E-state index contributed by atoms with van der Waals surface area (Å²) in [5.41, 5.74) is 1.03. The van der Waals surface area contributed by atoms with E-state index >= 15 is 0 Å². The second-order valence-corrected chi connectivity index (χ2v) is 4.60. The molecule has 0 saturated heterocycles. The van der Waals surface area contributed by atoms with Crippen LogP contribution in [-0.4, -0.2) is 54.2 Å². The predicted octanol–water partition coefficient (Wildman–Crippen LogP) is 1.56. The van der Waals surface area contributed by atoms with Crippen molar-refractivity contribution >= 4 is 11.7 Å². The van der Waals surface area contributed by atoms with Crippen molar-refractivity contribution in [2.24, 2.45) is 0 Å². The third kappa shape index (κ3) is 3.70. The highest BCUT2D eigenvalue weighted by Crippen LogP contribution is 2.16. The van der Waals surface area contributed by atoms with Crippen molar-refractivity contribution in [3.8, 4) is 0 Å². The van der Waals surface area contributed by atoms with Gasteiger partial charge in [-0.05, 0) is 40.1 Å². The number of hydrogen-bond acceptors (Lipinski definition) is 4. The standard InChI is InChI=1S/C13H21N3O2/c1-5-16(10(2)9-15(3)4)11-6-7-12(13(17)18)14-8-11/h6-8,10H,5,9H2,1-4H3,(H,17,18). The Morgan fingerprint density at radius 1 is 1.44 bits per heavy atom. The third-order valence-electron chi connectivity index (χ3n) is 2.80. The molecule has 0 aromatic carbocycles. The highest BCUT2D eigenvalue weighted by molar-refractivity contribution is 5.85. The fourth-order valence-electron chi connectivity index (χ4n) is 2.06. The van der Waals surface area contributed by atoms with Gasteiger partial charge in [0.15, 0.2) is 0 Å². The van der Waals surface area contributed by atoms with E-state index in [0.717, 1.165) is 18.8 Å². The third-order valence-corrected chi connectivity index (χ3v) is 2.80. The molecular formula is C13H21N3O2. The molecule has 100 valence electrons. The Hall–Kier alpha value is -1.62. The smallest absolute Gasteiger partial charge is 0.354 e. The normalized spacial score (nSPS) is 12.5. The van der Waals surface area contributed by atoms with Crippen molar-refractivity contribution in [2.45, 2.75) is 19.9 Å². The monoisotopic (exact) mass is 251 g/mol. The van der Waals surface area contributed by atoms with Gasteiger partial charge < -0.3 is 14.9 Å². The molecule has 5 heteroatoms. The van der Waals surface area contributed by atoms with Crippen molar-refractivity contribution in [1.82, 2.24) is 9.88 Å². The van der Waals surface area contributed by atoms with Crippen LogP contribution in [0, 0.1) is 0 Å². The summed E-state index contributed by atoms with van der Waals surface area (Å²) in [7, 11) is 4.08. The molecule has 1 rings (SSSR count). The lowest BCUT2D eigenvalue weighted by Gasteiger charge is -2.31. The Bertz CT molecular complexity index is 390. The molecule has 0 aliphatic rings. The summed E-state index contributed by atoms with van der Waals surface area (Å²) < 4.78 is 0. The zero-order chi connectivity index (χ0) is 13.7. The molecule has 0 aliphatic carbocycles. The van der Waals surface area contributed by atoms with Gasteiger partial charge in [-0.25, -0.2) is 9.78 Å². The van der Waals surface area contributed by atoms with Gasteiger partial charge in [0.05, 0.1) is 11.9 Å². The summed E-state index contributed by atoms with van der Waals surface area (Å²) in [5.74, 6) is -0.995. The fraction of sp³-hybridized carbons (Fsp3) is 0.538. The molecule has 1 atom stereocenters. The first kappa shape index (κ1) is 14.4. The minimum atomic E-state index is -0.995. The quantitative estimate of drug-likeness (QED) is 0.831. The summed E-state index contributed by atoms with van der Waals surface area (Å²) in [6.45, 7) is 6.03. The molecule has 1 unspecified atom stereocenters. The maximum atomic E-state index is 10.7. The molecule has 0 radical (unpaired) electrons. The Morgan fingerprint density at radius 2 is 2.11 bits per heavy atom. The molecule has 1 aromatic rings. The fourth-order valence-corrected chi connectivity index (χ4v) is 2.06. The van der Waals surface area contributed by atoms with E-state index in [1.165, 1.54) is 0 Å². The number of carbonyl (C=O) groups is 1. The van der Waals surface area contributed by atoms with Gasteiger partial charge in [0.25, 0.3) is 0 Å². The highest BCUT2D eigenvalue weighted by Gasteiger charge is 2.14. The molecule has 0 bridgehead atoms. The second-order valence-electron chi connectivity index (χ2n) is 4.60. The molecule has 0 spiro atoms. The van der Waals surface area contributed by atoms with Gasteiger partial charge in [0.2, 0.25) is 0 Å². The van der Waals surface area contributed by atoms with Crippen molar-refractivity contribution in [2.75, 3.05) is 32.1 Å². The Labute approximate surface area is 108 Å². The van der Waals surface area contributed by atoms with Crippen LogP contribution in [0.2, 0.25) is 0 Å². The molecule has 5 nitrogen and oxygen atoms in total. The largest absolute Gasteiger partial charge is 0.477 e. The van der Waals surface area contributed by atoms with Crippen LogP contribution in [0.25, 0.3) is 0 Å². The molecule has 1 heterocycles. The van der Waals surface area contributed by atoms with E-state index < -0.39 is 5.97 Å². The molecule has 18 heavy (non-hydrogen) atoms. The Kier molecular flexibility index (Phi) is 5.09. The lowest BCUT2D eigenvalue weighted by molar-refractivity contribution is 0.0690. The van der Waals surface area contributed by atoms with E-state index in [9.17, 15) is 4.79 Å². The predicted molar refractivity (Wildman–Crippen MR) is 72.2 cm³/mol. The number of nitrogens with zero attached hydrogens (tertiary/aromatic N) is 3. The number of aromatic carboxylic acids is 1. The number of rotatable bonds is 6. The number of carboxylic acid groups (broad SMARTS) is 1. The molecule has 0 aliphatic heterocycles. The van der Waals surface area contributed by atoms with Crippen LogP contribution >= 0.6 is 0 Å².